The van der Waals surface area contributed by atoms with Crippen LogP contribution in [0.5, 0.6) is 0 Å². The van der Waals surface area contributed by atoms with E-state index in [1.807, 2.05) is 30.3 Å². The number of anilines is 1. The van der Waals surface area contributed by atoms with Crippen LogP contribution in [0.4, 0.5) is 5.69 Å². The van der Waals surface area contributed by atoms with E-state index in [1.165, 1.54) is 24.3 Å². The highest BCUT2D eigenvalue weighted by Gasteiger charge is 2.09. The van der Waals surface area contributed by atoms with Crippen molar-refractivity contribution in [2.75, 3.05) is 5.32 Å². The van der Waals surface area contributed by atoms with Crippen molar-refractivity contribution in [3.63, 3.8) is 0 Å². The SMILES string of the molecule is C/C(=C/c1ccccc1)C(=O)Nc1ccc(S(N)(=O)=O)cc1. The molecule has 2 rings (SSSR count). The molecule has 0 spiro atoms. The van der Waals surface area contributed by atoms with E-state index in [1.54, 1.807) is 13.0 Å². The third-order valence-corrected chi connectivity index (χ3v) is 3.91. The van der Waals surface area contributed by atoms with Gasteiger partial charge in [-0.15, -0.1) is 0 Å². The van der Waals surface area contributed by atoms with Crippen LogP contribution in [-0.2, 0) is 14.8 Å². The summed E-state index contributed by atoms with van der Waals surface area (Å²) in [6.07, 6.45) is 1.77. The van der Waals surface area contributed by atoms with Crippen molar-refractivity contribution in [3.8, 4) is 0 Å². The number of nitrogens with one attached hydrogen (secondary N) is 1. The smallest absolute Gasteiger partial charge is 0.251 e. The van der Waals surface area contributed by atoms with E-state index in [2.05, 4.69) is 5.32 Å². The summed E-state index contributed by atoms with van der Waals surface area (Å²) in [4.78, 5) is 12.1. The molecule has 114 valence electrons. The molecular weight excluding hydrogens is 300 g/mol. The van der Waals surface area contributed by atoms with Gasteiger partial charge in [-0.1, -0.05) is 30.3 Å². The minimum atomic E-state index is -3.73. The topological polar surface area (TPSA) is 89.3 Å². The normalized spacial score (nSPS) is 12.0. The lowest BCUT2D eigenvalue weighted by atomic mass is 10.1. The number of amides is 1. The molecular formula is C16H16N2O3S. The lowest BCUT2D eigenvalue weighted by Crippen LogP contribution is -2.14. The van der Waals surface area contributed by atoms with Crippen LogP contribution in [-0.4, -0.2) is 14.3 Å². The molecule has 0 saturated heterocycles. The van der Waals surface area contributed by atoms with Gasteiger partial charge >= 0.3 is 0 Å². The maximum absolute atomic E-state index is 12.1. The molecule has 0 aliphatic heterocycles. The number of nitrogens with two attached hydrogens (primary N) is 1. The molecule has 0 unspecified atom stereocenters. The van der Waals surface area contributed by atoms with Crippen molar-refractivity contribution in [3.05, 3.63) is 65.7 Å². The van der Waals surface area contributed by atoms with Crippen LogP contribution in [0.1, 0.15) is 12.5 Å². The van der Waals surface area contributed by atoms with Gasteiger partial charge in [0.15, 0.2) is 0 Å². The highest BCUT2D eigenvalue weighted by atomic mass is 32.2. The number of hydrogen-bond donors (Lipinski definition) is 2. The van der Waals surface area contributed by atoms with Crippen molar-refractivity contribution < 1.29 is 13.2 Å². The molecule has 1 amide bonds. The minimum absolute atomic E-state index is 0.00190. The molecule has 3 N–H and O–H groups in total. The Balaban J connectivity index is 2.10. The van der Waals surface area contributed by atoms with Crippen molar-refractivity contribution in [1.82, 2.24) is 0 Å². The highest BCUT2D eigenvalue weighted by Crippen LogP contribution is 2.14. The Morgan fingerprint density at radius 3 is 2.18 bits per heavy atom. The fraction of sp³-hybridized carbons (Fsp3) is 0.0625. The van der Waals surface area contributed by atoms with E-state index >= 15 is 0 Å². The maximum atomic E-state index is 12.1. The fourth-order valence-electron chi connectivity index (χ4n) is 1.82. The van der Waals surface area contributed by atoms with Crippen molar-refractivity contribution in [2.45, 2.75) is 11.8 Å². The molecule has 0 atom stereocenters. The number of hydrogen-bond acceptors (Lipinski definition) is 3. The summed E-state index contributed by atoms with van der Waals surface area (Å²) in [7, 11) is -3.73. The third-order valence-electron chi connectivity index (χ3n) is 2.98. The Bertz CT molecular complexity index is 795. The zero-order valence-corrected chi connectivity index (χ0v) is 12.8. The third kappa shape index (κ3) is 4.28. The lowest BCUT2D eigenvalue weighted by molar-refractivity contribution is -0.112. The van der Waals surface area contributed by atoms with Gasteiger partial charge in [-0.05, 0) is 42.8 Å². The second-order valence-electron chi connectivity index (χ2n) is 4.76. The van der Waals surface area contributed by atoms with Gasteiger partial charge in [0.05, 0.1) is 4.90 Å². The number of carbonyl (C=O) groups excluding carboxylic acids is 1. The molecule has 0 fully saturated rings. The van der Waals surface area contributed by atoms with Crippen LogP contribution in [0.25, 0.3) is 6.08 Å². The Kier molecular flexibility index (Phi) is 4.75. The van der Waals surface area contributed by atoms with Gasteiger partial charge < -0.3 is 5.32 Å². The standard InChI is InChI=1S/C16H16N2O3S/c1-12(11-13-5-3-2-4-6-13)16(19)18-14-7-9-15(10-8-14)22(17,20)21/h2-11H,1H3,(H,18,19)(H2,17,20,21)/b12-11-. The quantitative estimate of drug-likeness (QED) is 0.849. The van der Waals surface area contributed by atoms with Gasteiger partial charge in [0.1, 0.15) is 0 Å². The monoisotopic (exact) mass is 316 g/mol. The number of primary sulfonamides is 1. The molecule has 0 bridgehead atoms. The molecule has 2 aromatic carbocycles. The molecule has 0 aromatic heterocycles. The second kappa shape index (κ2) is 6.55. The molecule has 0 aliphatic carbocycles. The number of sulfonamides is 1. The van der Waals surface area contributed by atoms with Crippen LogP contribution in [0, 0.1) is 0 Å². The van der Waals surface area contributed by atoms with Gasteiger partial charge in [-0.25, -0.2) is 13.6 Å². The first-order chi connectivity index (χ1) is 10.4. The first-order valence-corrected chi connectivity index (χ1v) is 8.08. The van der Waals surface area contributed by atoms with Crippen LogP contribution in [0.3, 0.4) is 0 Å². The lowest BCUT2D eigenvalue weighted by Gasteiger charge is -2.06. The van der Waals surface area contributed by atoms with E-state index in [9.17, 15) is 13.2 Å². The van der Waals surface area contributed by atoms with E-state index in [0.717, 1.165) is 5.56 Å². The predicted octanol–water partition coefficient (Wildman–Crippen LogP) is 2.38. The predicted molar refractivity (Wildman–Crippen MR) is 86.5 cm³/mol. The second-order valence-corrected chi connectivity index (χ2v) is 6.32. The summed E-state index contributed by atoms with van der Waals surface area (Å²) < 4.78 is 22.3. The highest BCUT2D eigenvalue weighted by molar-refractivity contribution is 7.89. The van der Waals surface area contributed by atoms with Crippen molar-refractivity contribution in [1.29, 1.82) is 0 Å². The van der Waals surface area contributed by atoms with Gasteiger partial charge in [0.25, 0.3) is 5.91 Å². The molecule has 0 aliphatic rings. The summed E-state index contributed by atoms with van der Waals surface area (Å²) >= 11 is 0. The molecule has 0 radical (unpaired) electrons. The van der Waals surface area contributed by atoms with Gasteiger partial charge in [0, 0.05) is 11.3 Å². The Morgan fingerprint density at radius 1 is 1.05 bits per heavy atom. The summed E-state index contributed by atoms with van der Waals surface area (Å²) in [5.74, 6) is -0.257. The van der Waals surface area contributed by atoms with E-state index < -0.39 is 10.0 Å². The summed E-state index contributed by atoms with van der Waals surface area (Å²) in [5, 5.41) is 7.72. The Labute approximate surface area is 129 Å². The molecule has 2 aromatic rings. The van der Waals surface area contributed by atoms with E-state index in [0.29, 0.717) is 11.3 Å². The number of rotatable bonds is 4. The first kappa shape index (κ1) is 15.9. The average molecular weight is 316 g/mol. The molecule has 22 heavy (non-hydrogen) atoms. The first-order valence-electron chi connectivity index (χ1n) is 6.54. The number of carbonyl (C=O) groups is 1. The van der Waals surface area contributed by atoms with Crippen LogP contribution < -0.4 is 10.5 Å². The van der Waals surface area contributed by atoms with E-state index in [-0.39, 0.29) is 10.8 Å². The Morgan fingerprint density at radius 2 is 1.64 bits per heavy atom. The van der Waals surface area contributed by atoms with Gasteiger partial charge in [-0.2, -0.15) is 0 Å². The van der Waals surface area contributed by atoms with Crippen molar-refractivity contribution in [2.24, 2.45) is 5.14 Å². The van der Waals surface area contributed by atoms with Crippen LogP contribution in [0.15, 0.2) is 65.1 Å². The zero-order chi connectivity index (χ0) is 16.2. The van der Waals surface area contributed by atoms with Crippen LogP contribution in [0.2, 0.25) is 0 Å². The van der Waals surface area contributed by atoms with Gasteiger partial charge in [-0.3, -0.25) is 4.79 Å². The summed E-state index contributed by atoms with van der Waals surface area (Å²) in [6, 6.07) is 15.2. The average Bonchev–Trinajstić information content (AvgIpc) is 2.48. The maximum Gasteiger partial charge on any atom is 0.251 e. The van der Waals surface area contributed by atoms with Crippen LogP contribution >= 0.6 is 0 Å². The summed E-state index contributed by atoms with van der Waals surface area (Å²) in [6.45, 7) is 1.71. The number of benzene rings is 2. The largest absolute Gasteiger partial charge is 0.322 e. The van der Waals surface area contributed by atoms with E-state index in [4.69, 9.17) is 5.14 Å². The zero-order valence-electron chi connectivity index (χ0n) is 12.0. The summed E-state index contributed by atoms with van der Waals surface area (Å²) in [5.41, 5.74) is 1.97. The minimum Gasteiger partial charge on any atom is -0.322 e. The molecule has 0 heterocycles. The molecule has 0 saturated carbocycles. The molecule has 5 nitrogen and oxygen atoms in total. The fourth-order valence-corrected chi connectivity index (χ4v) is 2.34. The molecule has 6 heteroatoms. The Hall–Kier alpha value is -2.44. The van der Waals surface area contributed by atoms with Crippen molar-refractivity contribution >= 4 is 27.7 Å². The van der Waals surface area contributed by atoms with Gasteiger partial charge in [0.2, 0.25) is 10.0 Å².